The molecule has 0 aromatic carbocycles. The molecular formula is C12H20N4O2S. The highest BCUT2D eigenvalue weighted by Gasteiger charge is 2.23. The van der Waals surface area contributed by atoms with E-state index in [0.29, 0.717) is 11.7 Å². The third-order valence-corrected chi connectivity index (χ3v) is 4.42. The van der Waals surface area contributed by atoms with Crippen LogP contribution in [-0.2, 0) is 23.1 Å². The molecule has 1 atom stereocenters. The van der Waals surface area contributed by atoms with Gasteiger partial charge in [0.05, 0.1) is 12.6 Å². The fraction of sp³-hybridized carbons (Fsp3) is 0.667. The summed E-state index contributed by atoms with van der Waals surface area (Å²) in [6.07, 6.45) is 3.74. The molecule has 1 rings (SSSR count). The number of nitrogens with zero attached hydrogens (tertiary/aromatic N) is 3. The molecule has 0 saturated carbocycles. The van der Waals surface area contributed by atoms with Crippen LogP contribution in [-0.4, -0.2) is 23.2 Å². The van der Waals surface area contributed by atoms with E-state index in [1.54, 1.807) is 19.2 Å². The normalized spacial score (nSPS) is 13.4. The lowest BCUT2D eigenvalue weighted by atomic mass is 10.2. The quantitative estimate of drug-likeness (QED) is 0.816. The van der Waals surface area contributed by atoms with Crippen LogP contribution in [0.1, 0.15) is 33.0 Å². The maximum absolute atomic E-state index is 11.9. The molecule has 106 valence electrons. The Morgan fingerprint density at radius 1 is 1.53 bits per heavy atom. The van der Waals surface area contributed by atoms with Crippen molar-refractivity contribution in [2.45, 2.75) is 45.5 Å². The minimum atomic E-state index is -3.61. The zero-order valence-electron chi connectivity index (χ0n) is 11.5. The molecule has 6 nitrogen and oxygen atoms in total. The third-order valence-electron chi connectivity index (χ3n) is 2.68. The summed E-state index contributed by atoms with van der Waals surface area (Å²) in [5, 5.41) is 7.79. The molecule has 7 heteroatoms. The topological polar surface area (TPSA) is 87.8 Å². The smallest absolute Gasteiger partial charge is 0.228 e. The van der Waals surface area contributed by atoms with Gasteiger partial charge >= 0.3 is 0 Å². The Morgan fingerprint density at radius 2 is 2.21 bits per heavy atom. The van der Waals surface area contributed by atoms with E-state index < -0.39 is 15.3 Å². The molecule has 0 fully saturated rings. The van der Waals surface area contributed by atoms with Crippen molar-refractivity contribution in [2.24, 2.45) is 5.92 Å². The van der Waals surface area contributed by atoms with Gasteiger partial charge in [0.15, 0.2) is 5.25 Å². The number of sulfonamides is 1. The van der Waals surface area contributed by atoms with Crippen LogP contribution < -0.4 is 4.72 Å². The molecule has 19 heavy (non-hydrogen) atoms. The van der Waals surface area contributed by atoms with E-state index in [0.717, 1.165) is 6.54 Å². The van der Waals surface area contributed by atoms with E-state index in [2.05, 4.69) is 23.6 Å². The van der Waals surface area contributed by atoms with E-state index in [9.17, 15) is 8.42 Å². The number of rotatable bonds is 7. The van der Waals surface area contributed by atoms with Crippen LogP contribution in [0.3, 0.4) is 0 Å². The van der Waals surface area contributed by atoms with E-state index in [-0.39, 0.29) is 13.0 Å². The number of imidazole rings is 1. The van der Waals surface area contributed by atoms with E-state index in [1.165, 1.54) is 0 Å². The Labute approximate surface area is 114 Å². The maximum atomic E-state index is 11.9. The van der Waals surface area contributed by atoms with Crippen molar-refractivity contribution in [3.05, 3.63) is 18.2 Å². The highest BCUT2D eigenvalue weighted by Crippen LogP contribution is 2.06. The van der Waals surface area contributed by atoms with Crippen LogP contribution in [0.4, 0.5) is 0 Å². The Kier molecular flexibility index (Phi) is 5.51. The summed E-state index contributed by atoms with van der Waals surface area (Å²) in [6, 6.07) is 1.79. The predicted octanol–water partition coefficient (Wildman–Crippen LogP) is 1.26. The van der Waals surface area contributed by atoms with Gasteiger partial charge in [-0.25, -0.2) is 18.1 Å². The molecule has 1 aromatic rings. The van der Waals surface area contributed by atoms with Crippen molar-refractivity contribution in [1.82, 2.24) is 14.3 Å². The summed E-state index contributed by atoms with van der Waals surface area (Å²) in [5.74, 6) is 1.11. The Balaban J connectivity index is 2.72. The fourth-order valence-electron chi connectivity index (χ4n) is 1.71. The highest BCUT2D eigenvalue weighted by molar-refractivity contribution is 7.90. The van der Waals surface area contributed by atoms with Gasteiger partial charge in [0.25, 0.3) is 0 Å². The molecule has 1 unspecified atom stereocenters. The van der Waals surface area contributed by atoms with Crippen LogP contribution in [0.15, 0.2) is 12.4 Å². The van der Waals surface area contributed by atoms with Crippen LogP contribution in [0.5, 0.6) is 0 Å². The lowest BCUT2D eigenvalue weighted by Crippen LogP contribution is -2.33. The molecule has 0 aliphatic carbocycles. The van der Waals surface area contributed by atoms with Crippen LogP contribution in [0, 0.1) is 17.2 Å². The number of nitrogens with one attached hydrogen (secondary N) is 1. The summed E-state index contributed by atoms with van der Waals surface area (Å²) >= 11 is 0. The first-order valence-electron chi connectivity index (χ1n) is 6.28. The summed E-state index contributed by atoms with van der Waals surface area (Å²) in [5.41, 5.74) is 0. The molecule has 0 radical (unpaired) electrons. The van der Waals surface area contributed by atoms with Crippen molar-refractivity contribution in [1.29, 1.82) is 5.26 Å². The van der Waals surface area contributed by atoms with Gasteiger partial charge in [-0.15, -0.1) is 0 Å². The van der Waals surface area contributed by atoms with Crippen LogP contribution in [0.2, 0.25) is 0 Å². The third kappa shape index (κ3) is 4.33. The summed E-state index contributed by atoms with van der Waals surface area (Å²) in [4.78, 5) is 4.14. The maximum Gasteiger partial charge on any atom is 0.228 e. The van der Waals surface area contributed by atoms with Crippen molar-refractivity contribution < 1.29 is 8.42 Å². The van der Waals surface area contributed by atoms with Crippen LogP contribution >= 0.6 is 0 Å². The van der Waals surface area contributed by atoms with Gasteiger partial charge in [0, 0.05) is 18.9 Å². The van der Waals surface area contributed by atoms with Crippen molar-refractivity contribution in [3.8, 4) is 6.07 Å². The standard InChI is InChI=1S/C12H20N4O2S/c1-4-11(7-13)19(17,18)15-8-12-14-5-6-16(12)9-10(2)3/h5-6,10-11,15H,4,8-9H2,1-3H3. The van der Waals surface area contributed by atoms with Crippen LogP contribution in [0.25, 0.3) is 0 Å². The summed E-state index contributed by atoms with van der Waals surface area (Å²) in [6.45, 7) is 6.73. The molecule has 0 aliphatic rings. The van der Waals surface area contributed by atoms with Gasteiger partial charge < -0.3 is 4.57 Å². The Hall–Kier alpha value is -1.39. The van der Waals surface area contributed by atoms with Gasteiger partial charge in [-0.05, 0) is 12.3 Å². The van der Waals surface area contributed by atoms with Gasteiger partial charge in [0.2, 0.25) is 10.0 Å². The largest absolute Gasteiger partial charge is 0.334 e. The first-order valence-corrected chi connectivity index (χ1v) is 7.83. The van der Waals surface area contributed by atoms with E-state index in [4.69, 9.17) is 5.26 Å². The number of hydrogen-bond acceptors (Lipinski definition) is 4. The van der Waals surface area contributed by atoms with Crippen molar-refractivity contribution in [2.75, 3.05) is 0 Å². The lowest BCUT2D eigenvalue weighted by molar-refractivity contribution is 0.502. The molecule has 0 spiro atoms. The molecule has 0 bridgehead atoms. The lowest BCUT2D eigenvalue weighted by Gasteiger charge is -2.12. The molecule has 1 heterocycles. The zero-order chi connectivity index (χ0) is 14.5. The minimum absolute atomic E-state index is 0.111. The van der Waals surface area contributed by atoms with Gasteiger partial charge in [-0.3, -0.25) is 0 Å². The monoisotopic (exact) mass is 284 g/mol. The average molecular weight is 284 g/mol. The van der Waals surface area contributed by atoms with E-state index in [1.807, 2.05) is 10.8 Å². The second kappa shape index (κ2) is 6.68. The summed E-state index contributed by atoms with van der Waals surface area (Å²) < 4.78 is 28.1. The number of hydrogen-bond donors (Lipinski definition) is 1. The Morgan fingerprint density at radius 3 is 2.74 bits per heavy atom. The minimum Gasteiger partial charge on any atom is -0.334 e. The molecule has 0 aliphatic heterocycles. The first-order chi connectivity index (χ1) is 8.90. The SMILES string of the molecule is CCC(C#N)S(=O)(=O)NCc1nccn1CC(C)C. The first kappa shape index (κ1) is 15.7. The van der Waals surface area contributed by atoms with Gasteiger partial charge in [0.1, 0.15) is 5.82 Å². The number of aromatic nitrogens is 2. The molecule has 0 saturated heterocycles. The molecule has 0 amide bonds. The predicted molar refractivity (Wildman–Crippen MR) is 72.5 cm³/mol. The summed E-state index contributed by atoms with van der Waals surface area (Å²) in [7, 11) is -3.61. The second-order valence-electron chi connectivity index (χ2n) is 4.78. The molecule has 1 aromatic heterocycles. The number of nitriles is 1. The Bertz CT molecular complexity index is 542. The van der Waals surface area contributed by atoms with Gasteiger partial charge in [-0.2, -0.15) is 5.26 Å². The van der Waals surface area contributed by atoms with Gasteiger partial charge in [-0.1, -0.05) is 20.8 Å². The molecular weight excluding hydrogens is 264 g/mol. The highest BCUT2D eigenvalue weighted by atomic mass is 32.2. The fourth-order valence-corrected chi connectivity index (χ4v) is 2.82. The van der Waals surface area contributed by atoms with Crippen molar-refractivity contribution >= 4 is 10.0 Å². The van der Waals surface area contributed by atoms with E-state index >= 15 is 0 Å². The molecule has 1 N–H and O–H groups in total. The zero-order valence-corrected chi connectivity index (χ0v) is 12.3. The van der Waals surface area contributed by atoms with Crippen molar-refractivity contribution in [3.63, 3.8) is 0 Å². The average Bonchev–Trinajstić information content (AvgIpc) is 2.74. The second-order valence-corrected chi connectivity index (χ2v) is 6.73.